The molecule has 0 spiro atoms. The first-order valence-electron chi connectivity index (χ1n) is 9.11. The van der Waals surface area contributed by atoms with E-state index in [0.29, 0.717) is 12.1 Å². The van der Waals surface area contributed by atoms with Crippen molar-refractivity contribution in [3.63, 3.8) is 0 Å². The first-order valence-corrected chi connectivity index (χ1v) is 10.1. The smallest absolute Gasteiger partial charge is 0.0894 e. The van der Waals surface area contributed by atoms with Crippen molar-refractivity contribution in [2.75, 3.05) is 5.88 Å². The number of thioether (sulfide) groups is 1. The second-order valence-electron chi connectivity index (χ2n) is 6.96. The third kappa shape index (κ3) is 3.86. The van der Waals surface area contributed by atoms with Crippen molar-refractivity contribution in [3.8, 4) is 0 Å². The molecule has 2 nitrogen and oxygen atoms in total. The Morgan fingerprint density at radius 1 is 1.23 bits per heavy atom. The molecule has 3 atom stereocenters. The summed E-state index contributed by atoms with van der Waals surface area (Å²) in [5, 5.41) is 3.99. The molecule has 1 heterocycles. The molecule has 3 rings (SSSR count). The molecule has 0 aromatic rings. The van der Waals surface area contributed by atoms with Crippen LogP contribution in [-0.4, -0.2) is 23.7 Å². The SMILES string of the molecule is CCCC1=CCC(CCC)CC1NC1CC=C2SCN=C2C1. The molecule has 0 bridgehead atoms. The Morgan fingerprint density at radius 3 is 2.95 bits per heavy atom. The van der Waals surface area contributed by atoms with Gasteiger partial charge in [0.15, 0.2) is 0 Å². The molecule has 0 saturated heterocycles. The van der Waals surface area contributed by atoms with Gasteiger partial charge in [-0.1, -0.05) is 50.8 Å². The van der Waals surface area contributed by atoms with E-state index in [1.165, 1.54) is 55.6 Å². The Morgan fingerprint density at radius 2 is 2.14 bits per heavy atom. The van der Waals surface area contributed by atoms with Gasteiger partial charge in [0.05, 0.1) is 11.6 Å². The van der Waals surface area contributed by atoms with Gasteiger partial charge in [-0.25, -0.2) is 0 Å². The average Bonchev–Trinajstić information content (AvgIpc) is 2.98. The van der Waals surface area contributed by atoms with Gasteiger partial charge in [-0.05, 0) is 31.6 Å². The van der Waals surface area contributed by atoms with Crippen molar-refractivity contribution in [2.45, 2.75) is 77.3 Å². The summed E-state index contributed by atoms with van der Waals surface area (Å²) in [5.74, 6) is 1.83. The van der Waals surface area contributed by atoms with E-state index >= 15 is 0 Å². The maximum atomic E-state index is 4.66. The van der Waals surface area contributed by atoms with E-state index in [9.17, 15) is 0 Å². The molecule has 0 aromatic heterocycles. The maximum absolute atomic E-state index is 4.66. The average molecular weight is 319 g/mol. The molecule has 3 aliphatic rings. The minimum Gasteiger partial charge on any atom is -0.307 e. The van der Waals surface area contributed by atoms with Gasteiger partial charge in [-0.3, -0.25) is 4.99 Å². The molecular weight excluding hydrogens is 288 g/mol. The van der Waals surface area contributed by atoms with E-state index in [-0.39, 0.29) is 0 Å². The van der Waals surface area contributed by atoms with Gasteiger partial charge in [0.1, 0.15) is 0 Å². The van der Waals surface area contributed by atoms with Crippen molar-refractivity contribution in [3.05, 3.63) is 22.6 Å². The van der Waals surface area contributed by atoms with Crippen molar-refractivity contribution in [1.29, 1.82) is 0 Å². The first kappa shape index (κ1) is 16.3. The summed E-state index contributed by atoms with van der Waals surface area (Å²) in [6.45, 7) is 4.62. The molecule has 122 valence electrons. The summed E-state index contributed by atoms with van der Waals surface area (Å²) in [5.41, 5.74) is 3.03. The largest absolute Gasteiger partial charge is 0.307 e. The molecule has 0 amide bonds. The summed E-state index contributed by atoms with van der Waals surface area (Å²) >= 11 is 1.91. The Bertz CT molecular complexity index is 478. The zero-order chi connectivity index (χ0) is 15.4. The Labute approximate surface area is 139 Å². The fraction of sp³-hybridized carbons (Fsp3) is 0.737. The topological polar surface area (TPSA) is 24.4 Å². The van der Waals surface area contributed by atoms with Crippen molar-refractivity contribution >= 4 is 17.5 Å². The zero-order valence-corrected chi connectivity index (χ0v) is 14.9. The zero-order valence-electron chi connectivity index (χ0n) is 14.1. The Hall–Kier alpha value is -0.540. The van der Waals surface area contributed by atoms with Gasteiger partial charge in [-0.15, -0.1) is 11.8 Å². The van der Waals surface area contributed by atoms with E-state index < -0.39 is 0 Å². The summed E-state index contributed by atoms with van der Waals surface area (Å²) in [6.07, 6.45) is 15.1. The molecular formula is C19H30N2S. The number of nitrogens with zero attached hydrogens (tertiary/aromatic N) is 1. The van der Waals surface area contributed by atoms with Crippen LogP contribution in [0.5, 0.6) is 0 Å². The van der Waals surface area contributed by atoms with E-state index in [1.807, 2.05) is 11.8 Å². The van der Waals surface area contributed by atoms with Crippen LogP contribution in [0, 0.1) is 5.92 Å². The lowest BCUT2D eigenvalue weighted by atomic mass is 9.81. The second-order valence-corrected chi connectivity index (χ2v) is 7.94. The second kappa shape index (κ2) is 7.83. The van der Waals surface area contributed by atoms with Gasteiger partial charge in [0.25, 0.3) is 0 Å². The van der Waals surface area contributed by atoms with E-state index in [1.54, 1.807) is 5.57 Å². The highest BCUT2D eigenvalue weighted by molar-refractivity contribution is 8.04. The standard InChI is InChI=1S/C19H30N2S/c1-3-5-14-7-8-15(6-4-2)17(11-14)21-16-9-10-19-18(12-16)20-13-22-19/h8,10,14,16-17,21H,3-7,9,11-13H2,1-2H3. The minimum absolute atomic E-state index is 0.590. The summed E-state index contributed by atoms with van der Waals surface area (Å²) in [6, 6.07) is 1.20. The predicted molar refractivity (Wildman–Crippen MR) is 98.5 cm³/mol. The molecule has 22 heavy (non-hydrogen) atoms. The summed E-state index contributed by atoms with van der Waals surface area (Å²) in [4.78, 5) is 6.11. The maximum Gasteiger partial charge on any atom is 0.0894 e. The summed E-state index contributed by atoms with van der Waals surface area (Å²) < 4.78 is 0. The van der Waals surface area contributed by atoms with Gasteiger partial charge in [-0.2, -0.15) is 0 Å². The van der Waals surface area contributed by atoms with Crippen LogP contribution in [-0.2, 0) is 0 Å². The molecule has 0 radical (unpaired) electrons. The lowest BCUT2D eigenvalue weighted by Crippen LogP contribution is -2.43. The van der Waals surface area contributed by atoms with Gasteiger partial charge < -0.3 is 5.32 Å². The predicted octanol–water partition coefficient (Wildman–Crippen LogP) is 5.07. The monoisotopic (exact) mass is 318 g/mol. The highest BCUT2D eigenvalue weighted by Gasteiger charge is 2.28. The van der Waals surface area contributed by atoms with Crippen LogP contribution in [0.2, 0.25) is 0 Å². The fourth-order valence-electron chi connectivity index (χ4n) is 4.09. The Balaban J connectivity index is 1.63. The van der Waals surface area contributed by atoms with Crippen molar-refractivity contribution < 1.29 is 0 Å². The number of fused-ring (bicyclic) bond motifs is 1. The molecule has 3 heteroatoms. The van der Waals surface area contributed by atoms with Crippen molar-refractivity contribution in [2.24, 2.45) is 10.9 Å². The molecule has 1 aliphatic heterocycles. The third-order valence-electron chi connectivity index (χ3n) is 5.19. The molecule has 2 aliphatic carbocycles. The molecule has 1 N–H and O–H groups in total. The third-order valence-corrected chi connectivity index (χ3v) is 6.16. The van der Waals surface area contributed by atoms with E-state index in [2.05, 4.69) is 36.3 Å². The van der Waals surface area contributed by atoms with Crippen LogP contribution >= 0.6 is 11.8 Å². The number of rotatable bonds is 6. The molecule has 0 aromatic carbocycles. The van der Waals surface area contributed by atoms with E-state index in [0.717, 1.165) is 18.2 Å². The molecule has 0 fully saturated rings. The highest BCUT2D eigenvalue weighted by Crippen LogP contribution is 2.34. The lowest BCUT2D eigenvalue weighted by Gasteiger charge is -2.34. The number of allylic oxidation sites excluding steroid dienone is 2. The van der Waals surface area contributed by atoms with Crippen LogP contribution in [0.4, 0.5) is 0 Å². The normalized spacial score (nSPS) is 31.4. The van der Waals surface area contributed by atoms with Gasteiger partial charge in [0, 0.05) is 23.4 Å². The van der Waals surface area contributed by atoms with Crippen LogP contribution in [0.3, 0.4) is 0 Å². The van der Waals surface area contributed by atoms with Crippen molar-refractivity contribution in [1.82, 2.24) is 5.32 Å². The van der Waals surface area contributed by atoms with Crippen LogP contribution in [0.25, 0.3) is 0 Å². The van der Waals surface area contributed by atoms with Gasteiger partial charge in [0.2, 0.25) is 0 Å². The number of hydrogen-bond acceptors (Lipinski definition) is 3. The Kier molecular flexibility index (Phi) is 5.81. The number of nitrogens with one attached hydrogen (secondary N) is 1. The van der Waals surface area contributed by atoms with Crippen LogP contribution < -0.4 is 5.32 Å². The van der Waals surface area contributed by atoms with Crippen LogP contribution in [0.1, 0.15) is 65.2 Å². The number of aliphatic imine (C=N–C) groups is 1. The summed E-state index contributed by atoms with van der Waals surface area (Å²) in [7, 11) is 0. The van der Waals surface area contributed by atoms with Crippen LogP contribution in [0.15, 0.2) is 27.6 Å². The number of hydrogen-bond donors (Lipinski definition) is 1. The minimum atomic E-state index is 0.590. The molecule has 0 saturated carbocycles. The first-order chi connectivity index (χ1) is 10.8. The fourth-order valence-corrected chi connectivity index (χ4v) is 4.97. The quantitative estimate of drug-likeness (QED) is 0.691. The van der Waals surface area contributed by atoms with Gasteiger partial charge >= 0.3 is 0 Å². The van der Waals surface area contributed by atoms with E-state index in [4.69, 9.17) is 0 Å². The lowest BCUT2D eigenvalue weighted by molar-refractivity contribution is 0.339. The molecule has 3 unspecified atom stereocenters. The highest BCUT2D eigenvalue weighted by atomic mass is 32.2.